The van der Waals surface area contributed by atoms with E-state index in [0.29, 0.717) is 10.8 Å². The second-order valence-corrected chi connectivity index (χ2v) is 7.40. The highest BCUT2D eigenvalue weighted by molar-refractivity contribution is 5.37. The number of hydrogen-bond donors (Lipinski definition) is 1. The zero-order valence-corrected chi connectivity index (χ0v) is 13.8. The van der Waals surface area contributed by atoms with Gasteiger partial charge in [0.05, 0.1) is 0 Å². The van der Waals surface area contributed by atoms with Crippen LogP contribution in [0.2, 0.25) is 0 Å². The molecule has 0 amide bonds. The minimum atomic E-state index is 0.351. The Hall–Kier alpha value is -0.860. The van der Waals surface area contributed by atoms with Crippen LogP contribution in [0, 0.1) is 19.3 Å². The Balaban J connectivity index is 1.85. The number of hydrogen-bond acceptors (Lipinski definition) is 2. The van der Waals surface area contributed by atoms with Gasteiger partial charge in [0.1, 0.15) is 0 Å². The summed E-state index contributed by atoms with van der Waals surface area (Å²) in [5, 5.41) is 3.62. The first-order valence-corrected chi connectivity index (χ1v) is 8.45. The van der Waals surface area contributed by atoms with Crippen LogP contribution in [-0.2, 0) is 10.2 Å². The Morgan fingerprint density at radius 2 is 1.67 bits per heavy atom. The lowest BCUT2D eigenvalue weighted by atomic mass is 9.48. The van der Waals surface area contributed by atoms with Crippen molar-refractivity contribution < 1.29 is 4.74 Å². The zero-order chi connectivity index (χ0) is 14.9. The van der Waals surface area contributed by atoms with Crippen LogP contribution in [0.3, 0.4) is 0 Å². The van der Waals surface area contributed by atoms with E-state index >= 15 is 0 Å². The topological polar surface area (TPSA) is 21.3 Å². The maximum atomic E-state index is 5.58. The van der Waals surface area contributed by atoms with Crippen molar-refractivity contribution in [2.75, 3.05) is 26.3 Å². The molecule has 1 aromatic rings. The van der Waals surface area contributed by atoms with Gasteiger partial charge >= 0.3 is 0 Å². The van der Waals surface area contributed by atoms with Crippen molar-refractivity contribution >= 4 is 0 Å². The monoisotopic (exact) mass is 287 g/mol. The normalized spacial score (nSPS) is 23.0. The van der Waals surface area contributed by atoms with Crippen LogP contribution in [0.15, 0.2) is 18.2 Å². The van der Waals surface area contributed by atoms with E-state index in [9.17, 15) is 0 Å². The Morgan fingerprint density at radius 1 is 1.05 bits per heavy atom. The smallest absolute Gasteiger partial charge is 0.0471 e. The summed E-state index contributed by atoms with van der Waals surface area (Å²) in [7, 11) is 0. The van der Waals surface area contributed by atoms with Crippen molar-refractivity contribution in [3.63, 3.8) is 0 Å². The van der Waals surface area contributed by atoms with Crippen molar-refractivity contribution in [1.29, 1.82) is 0 Å². The minimum Gasteiger partial charge on any atom is -0.381 e. The third-order valence-corrected chi connectivity index (χ3v) is 5.53. The first-order valence-electron chi connectivity index (χ1n) is 8.45. The van der Waals surface area contributed by atoms with Crippen LogP contribution in [0.5, 0.6) is 0 Å². The van der Waals surface area contributed by atoms with Crippen LogP contribution in [0.4, 0.5) is 0 Å². The Labute approximate surface area is 129 Å². The number of likely N-dealkylation sites (N-methyl/N-ethyl adjacent to an activating group) is 1. The molecule has 2 heteroatoms. The summed E-state index contributed by atoms with van der Waals surface area (Å²) in [4.78, 5) is 0. The third kappa shape index (κ3) is 2.89. The molecule has 0 aromatic heterocycles. The lowest BCUT2D eigenvalue weighted by Crippen LogP contribution is -2.56. The Bertz CT molecular complexity index is 474. The van der Waals surface area contributed by atoms with Gasteiger partial charge in [-0.2, -0.15) is 0 Å². The molecule has 21 heavy (non-hydrogen) atoms. The molecule has 2 nitrogen and oxygen atoms in total. The van der Waals surface area contributed by atoms with Crippen molar-refractivity contribution in [3.05, 3.63) is 34.9 Å². The average molecular weight is 287 g/mol. The van der Waals surface area contributed by atoms with Gasteiger partial charge in [0.2, 0.25) is 0 Å². The van der Waals surface area contributed by atoms with Crippen molar-refractivity contribution in [2.45, 2.75) is 51.9 Å². The third-order valence-electron chi connectivity index (χ3n) is 5.53. The lowest BCUT2D eigenvalue weighted by molar-refractivity contribution is -0.0736. The maximum absolute atomic E-state index is 5.58. The molecule has 2 fully saturated rings. The second-order valence-electron chi connectivity index (χ2n) is 7.40. The molecule has 0 radical (unpaired) electrons. The number of benzene rings is 1. The van der Waals surface area contributed by atoms with Crippen LogP contribution in [-0.4, -0.2) is 26.3 Å². The number of ether oxygens (including phenoxy) is 1. The van der Waals surface area contributed by atoms with Crippen molar-refractivity contribution in [1.82, 2.24) is 5.32 Å². The molecular formula is C19H29NO. The zero-order valence-electron chi connectivity index (χ0n) is 13.8. The summed E-state index contributed by atoms with van der Waals surface area (Å²) in [6.07, 6.45) is 5.18. The molecule has 1 saturated carbocycles. The second kappa shape index (κ2) is 5.73. The lowest BCUT2D eigenvalue weighted by Gasteiger charge is -2.58. The molecule has 1 heterocycles. The summed E-state index contributed by atoms with van der Waals surface area (Å²) in [6.45, 7) is 10.8. The van der Waals surface area contributed by atoms with E-state index in [4.69, 9.17) is 4.74 Å². The van der Waals surface area contributed by atoms with E-state index in [-0.39, 0.29) is 0 Å². The molecule has 0 atom stereocenters. The van der Waals surface area contributed by atoms with Crippen LogP contribution in [0.1, 0.15) is 49.3 Å². The quantitative estimate of drug-likeness (QED) is 0.911. The van der Waals surface area contributed by atoms with Gasteiger partial charge in [-0.1, -0.05) is 36.2 Å². The predicted molar refractivity (Wildman–Crippen MR) is 87.9 cm³/mol. The van der Waals surface area contributed by atoms with Crippen LogP contribution >= 0.6 is 0 Å². The molecule has 1 aromatic carbocycles. The molecular weight excluding hydrogens is 258 g/mol. The highest BCUT2D eigenvalue weighted by Gasteiger charge is 2.54. The SMILES string of the molecule is CCNCC1(c2cc(C)cc(C)c2)CC2(CCOCC2)C1. The molecule has 0 unspecified atom stereocenters. The molecule has 0 bridgehead atoms. The highest BCUT2D eigenvalue weighted by Crippen LogP contribution is 2.60. The summed E-state index contributed by atoms with van der Waals surface area (Å²) in [5.74, 6) is 0. The number of nitrogens with one attached hydrogen (secondary N) is 1. The van der Waals surface area contributed by atoms with Gasteiger partial charge < -0.3 is 10.1 Å². The summed E-state index contributed by atoms with van der Waals surface area (Å²) >= 11 is 0. The van der Waals surface area contributed by atoms with E-state index in [1.165, 1.54) is 36.8 Å². The maximum Gasteiger partial charge on any atom is 0.0471 e. The van der Waals surface area contributed by atoms with E-state index < -0.39 is 0 Å². The molecule has 1 saturated heterocycles. The van der Waals surface area contributed by atoms with Crippen LogP contribution < -0.4 is 5.32 Å². The molecule has 2 aliphatic rings. The largest absolute Gasteiger partial charge is 0.381 e. The predicted octanol–water partition coefficient (Wildman–Crippen LogP) is 3.74. The van der Waals surface area contributed by atoms with E-state index in [1.54, 1.807) is 5.56 Å². The summed E-state index contributed by atoms with van der Waals surface area (Å²) < 4.78 is 5.58. The molecule has 1 aliphatic heterocycles. The van der Waals surface area contributed by atoms with Crippen molar-refractivity contribution in [2.24, 2.45) is 5.41 Å². The van der Waals surface area contributed by atoms with Crippen LogP contribution in [0.25, 0.3) is 0 Å². The van der Waals surface area contributed by atoms with Gasteiger partial charge in [0, 0.05) is 25.2 Å². The fraction of sp³-hybridized carbons (Fsp3) is 0.684. The fourth-order valence-corrected chi connectivity index (χ4v) is 4.62. The van der Waals surface area contributed by atoms with Gasteiger partial charge in [0.15, 0.2) is 0 Å². The summed E-state index contributed by atoms with van der Waals surface area (Å²) in [6, 6.07) is 7.11. The first-order chi connectivity index (χ1) is 10.1. The van der Waals surface area contributed by atoms with E-state index in [1.807, 2.05) is 0 Å². The van der Waals surface area contributed by atoms with E-state index in [2.05, 4.69) is 44.3 Å². The molecule has 1 N–H and O–H groups in total. The number of rotatable bonds is 4. The number of aryl methyl sites for hydroxylation is 2. The molecule has 1 spiro atoms. The Morgan fingerprint density at radius 3 is 2.24 bits per heavy atom. The molecule has 3 rings (SSSR count). The first kappa shape index (κ1) is 15.1. The minimum absolute atomic E-state index is 0.351. The van der Waals surface area contributed by atoms with Gasteiger partial charge in [0.25, 0.3) is 0 Å². The van der Waals surface area contributed by atoms with E-state index in [0.717, 1.165) is 26.3 Å². The Kier molecular flexibility index (Phi) is 4.11. The average Bonchev–Trinajstić information content (AvgIpc) is 2.42. The van der Waals surface area contributed by atoms with Gasteiger partial charge in [-0.25, -0.2) is 0 Å². The van der Waals surface area contributed by atoms with Gasteiger partial charge in [-0.3, -0.25) is 0 Å². The summed E-state index contributed by atoms with van der Waals surface area (Å²) in [5.41, 5.74) is 5.26. The van der Waals surface area contributed by atoms with Gasteiger partial charge in [-0.15, -0.1) is 0 Å². The fourth-order valence-electron chi connectivity index (χ4n) is 4.62. The highest BCUT2D eigenvalue weighted by atomic mass is 16.5. The standard InChI is InChI=1S/C19H29NO/c1-4-20-14-19(17-10-15(2)9-16(3)11-17)12-18(13-19)5-7-21-8-6-18/h9-11,20H,4-8,12-14H2,1-3H3. The molecule has 116 valence electrons. The van der Waals surface area contributed by atoms with Gasteiger partial charge in [-0.05, 0) is 57.1 Å². The molecule has 1 aliphatic carbocycles. The van der Waals surface area contributed by atoms with Crippen molar-refractivity contribution in [3.8, 4) is 0 Å².